The fourth-order valence-corrected chi connectivity index (χ4v) is 4.89. The van der Waals surface area contributed by atoms with Gasteiger partial charge in [-0.25, -0.2) is 17.6 Å². The molecule has 4 aromatic carbocycles. The lowest BCUT2D eigenvalue weighted by Gasteiger charge is -2.31. The first-order valence-corrected chi connectivity index (χ1v) is 12.6. The monoisotopic (exact) mass is 543 g/mol. The number of pyridine rings is 1. The van der Waals surface area contributed by atoms with Gasteiger partial charge in [-0.15, -0.1) is 0 Å². The van der Waals surface area contributed by atoms with Crippen LogP contribution in [0.3, 0.4) is 0 Å². The smallest absolute Gasteiger partial charge is 0.123 e. The van der Waals surface area contributed by atoms with Crippen molar-refractivity contribution < 1.29 is 27.8 Å². The van der Waals surface area contributed by atoms with Crippen LogP contribution in [-0.4, -0.2) is 15.2 Å². The molecule has 0 aliphatic carbocycles. The molecule has 0 saturated heterocycles. The fourth-order valence-electron chi connectivity index (χ4n) is 4.89. The van der Waals surface area contributed by atoms with E-state index in [9.17, 15) is 27.8 Å². The average molecular weight is 544 g/mol. The molecule has 5 rings (SSSR count). The summed E-state index contributed by atoms with van der Waals surface area (Å²) in [5, 5.41) is 23.8. The Bertz CT molecular complexity index is 1380. The SMILES string of the molecule is OC(Cc1cccc(CC(O)(c2ccc(F)cc2)c2ccc(F)cc2)n1)(c1ccc(F)cc1)c1ccc(F)cc1. The summed E-state index contributed by atoms with van der Waals surface area (Å²) in [6.07, 6.45) is -0.0761. The van der Waals surface area contributed by atoms with E-state index in [1.165, 1.54) is 97.1 Å². The van der Waals surface area contributed by atoms with Crippen LogP contribution in [0.2, 0.25) is 0 Å². The van der Waals surface area contributed by atoms with Crippen molar-refractivity contribution in [3.63, 3.8) is 0 Å². The molecular weight excluding hydrogens is 518 g/mol. The van der Waals surface area contributed by atoms with Crippen LogP contribution in [-0.2, 0) is 24.0 Å². The predicted molar refractivity (Wildman–Crippen MR) is 143 cm³/mol. The number of benzene rings is 4. The van der Waals surface area contributed by atoms with Gasteiger partial charge in [-0.1, -0.05) is 54.6 Å². The van der Waals surface area contributed by atoms with Crippen LogP contribution in [0.25, 0.3) is 0 Å². The highest BCUT2D eigenvalue weighted by molar-refractivity contribution is 5.40. The molecule has 0 fully saturated rings. The molecule has 1 aromatic heterocycles. The minimum atomic E-state index is -1.67. The maximum absolute atomic E-state index is 13.7. The van der Waals surface area contributed by atoms with Crippen LogP contribution >= 0.6 is 0 Å². The number of hydrogen-bond acceptors (Lipinski definition) is 3. The van der Waals surface area contributed by atoms with Gasteiger partial charge >= 0.3 is 0 Å². The van der Waals surface area contributed by atoms with Crippen molar-refractivity contribution in [3.05, 3.63) is 172 Å². The van der Waals surface area contributed by atoms with E-state index in [2.05, 4.69) is 0 Å². The second kappa shape index (κ2) is 11.0. The molecule has 5 aromatic rings. The zero-order valence-corrected chi connectivity index (χ0v) is 21.2. The first kappa shape index (κ1) is 27.2. The molecule has 0 bridgehead atoms. The maximum Gasteiger partial charge on any atom is 0.123 e. The molecule has 3 nitrogen and oxygen atoms in total. The van der Waals surface area contributed by atoms with Crippen molar-refractivity contribution in [1.82, 2.24) is 4.98 Å². The van der Waals surface area contributed by atoms with Gasteiger partial charge in [-0.05, 0) is 82.9 Å². The standard InChI is InChI=1S/C33H25F4NO2/c34-26-12-4-22(5-13-26)32(39,23-6-14-27(35)15-7-23)20-30-2-1-3-31(38-30)21-33(40,24-8-16-28(36)17-9-24)25-10-18-29(37)19-11-25/h1-19,39-40H,20-21H2. The number of rotatable bonds is 8. The fraction of sp³-hybridized carbons (Fsp3) is 0.121. The van der Waals surface area contributed by atoms with E-state index >= 15 is 0 Å². The van der Waals surface area contributed by atoms with E-state index in [1.54, 1.807) is 18.2 Å². The van der Waals surface area contributed by atoms with Crippen LogP contribution in [0.4, 0.5) is 17.6 Å². The van der Waals surface area contributed by atoms with Gasteiger partial charge in [0.15, 0.2) is 0 Å². The molecule has 0 radical (unpaired) electrons. The summed E-state index contributed by atoms with van der Waals surface area (Å²) in [6.45, 7) is 0. The molecule has 0 saturated carbocycles. The lowest BCUT2D eigenvalue weighted by Crippen LogP contribution is -2.32. The molecular formula is C33H25F4NO2. The quantitative estimate of drug-likeness (QED) is 0.217. The van der Waals surface area contributed by atoms with E-state index in [4.69, 9.17) is 4.98 Å². The van der Waals surface area contributed by atoms with Gasteiger partial charge in [0.05, 0.1) is 0 Å². The minimum Gasteiger partial charge on any atom is -0.380 e. The molecule has 0 spiro atoms. The van der Waals surface area contributed by atoms with Crippen LogP contribution in [0.5, 0.6) is 0 Å². The van der Waals surface area contributed by atoms with E-state index in [-0.39, 0.29) is 12.8 Å². The van der Waals surface area contributed by atoms with Gasteiger partial charge in [0.1, 0.15) is 34.5 Å². The second-order valence-corrected chi connectivity index (χ2v) is 9.72. The van der Waals surface area contributed by atoms with Crippen molar-refractivity contribution in [2.45, 2.75) is 24.0 Å². The summed E-state index contributed by atoms with van der Waals surface area (Å²) >= 11 is 0. The molecule has 2 N–H and O–H groups in total. The van der Waals surface area contributed by atoms with Crippen LogP contribution < -0.4 is 0 Å². The second-order valence-electron chi connectivity index (χ2n) is 9.72. The highest BCUT2D eigenvalue weighted by Gasteiger charge is 2.35. The molecule has 40 heavy (non-hydrogen) atoms. The van der Waals surface area contributed by atoms with Crippen molar-refractivity contribution in [2.24, 2.45) is 0 Å². The van der Waals surface area contributed by atoms with Gasteiger partial charge in [-0.2, -0.15) is 0 Å². The summed E-state index contributed by atoms with van der Waals surface area (Å²) in [6, 6.07) is 26.7. The number of aromatic nitrogens is 1. The Kier molecular flexibility index (Phi) is 7.52. The Labute approximate surface area is 229 Å². The number of hydrogen-bond donors (Lipinski definition) is 2. The van der Waals surface area contributed by atoms with Crippen molar-refractivity contribution >= 4 is 0 Å². The zero-order chi connectivity index (χ0) is 28.3. The molecule has 0 unspecified atom stereocenters. The van der Waals surface area contributed by atoms with Crippen LogP contribution in [0.15, 0.2) is 115 Å². The zero-order valence-electron chi connectivity index (χ0n) is 21.2. The number of nitrogens with zero attached hydrogens (tertiary/aromatic N) is 1. The molecule has 0 aliphatic heterocycles. The number of halogens is 4. The molecule has 0 amide bonds. The van der Waals surface area contributed by atoms with Crippen molar-refractivity contribution in [1.29, 1.82) is 0 Å². The Hall–Kier alpha value is -4.33. The maximum atomic E-state index is 13.7. The first-order valence-electron chi connectivity index (χ1n) is 12.6. The average Bonchev–Trinajstić information content (AvgIpc) is 2.94. The van der Waals surface area contributed by atoms with Crippen LogP contribution in [0, 0.1) is 23.3 Å². The van der Waals surface area contributed by atoms with Gasteiger partial charge in [0.25, 0.3) is 0 Å². The largest absolute Gasteiger partial charge is 0.380 e. The van der Waals surface area contributed by atoms with E-state index in [0.29, 0.717) is 33.6 Å². The summed E-state index contributed by atoms with van der Waals surface area (Å²) in [7, 11) is 0. The van der Waals surface area contributed by atoms with Gasteiger partial charge < -0.3 is 10.2 Å². The molecule has 0 aliphatic rings. The van der Waals surface area contributed by atoms with Gasteiger partial charge in [-0.3, -0.25) is 4.98 Å². The third-order valence-electron chi connectivity index (χ3n) is 7.03. The third kappa shape index (κ3) is 5.66. The number of aliphatic hydroxyl groups is 2. The topological polar surface area (TPSA) is 53.4 Å². The summed E-state index contributed by atoms with van der Waals surface area (Å²) in [5.41, 5.74) is -0.870. The summed E-state index contributed by atoms with van der Waals surface area (Å²) in [4.78, 5) is 4.70. The molecule has 7 heteroatoms. The van der Waals surface area contributed by atoms with E-state index in [1.807, 2.05) is 0 Å². The highest BCUT2D eigenvalue weighted by Crippen LogP contribution is 2.35. The van der Waals surface area contributed by atoms with Gasteiger partial charge in [0, 0.05) is 24.2 Å². The highest BCUT2D eigenvalue weighted by atomic mass is 19.1. The Morgan fingerprint density at radius 3 is 0.925 bits per heavy atom. The molecule has 202 valence electrons. The van der Waals surface area contributed by atoms with Crippen molar-refractivity contribution in [3.8, 4) is 0 Å². The molecule has 0 atom stereocenters. The minimum absolute atomic E-state index is 0.0381. The third-order valence-corrected chi connectivity index (χ3v) is 7.03. The normalized spacial score (nSPS) is 11.9. The van der Waals surface area contributed by atoms with E-state index < -0.39 is 34.5 Å². The van der Waals surface area contributed by atoms with Gasteiger partial charge in [0.2, 0.25) is 0 Å². The summed E-state index contributed by atoms with van der Waals surface area (Å²) < 4.78 is 54.7. The van der Waals surface area contributed by atoms with Crippen molar-refractivity contribution in [2.75, 3.05) is 0 Å². The van der Waals surface area contributed by atoms with Crippen LogP contribution in [0.1, 0.15) is 33.6 Å². The van der Waals surface area contributed by atoms with E-state index in [0.717, 1.165) is 0 Å². The lowest BCUT2D eigenvalue weighted by molar-refractivity contribution is 0.0775. The lowest BCUT2D eigenvalue weighted by atomic mass is 9.81. The molecule has 1 heterocycles. The Morgan fingerprint density at radius 2 is 0.675 bits per heavy atom. The summed E-state index contributed by atoms with van der Waals surface area (Å²) in [5.74, 6) is -1.87. The Morgan fingerprint density at radius 1 is 0.425 bits per heavy atom. The first-order chi connectivity index (χ1) is 19.2. The Balaban J connectivity index is 1.53. The predicted octanol–water partition coefficient (Wildman–Crippen LogP) is 6.60.